The van der Waals surface area contributed by atoms with E-state index in [0.29, 0.717) is 24.7 Å². The van der Waals surface area contributed by atoms with Gasteiger partial charge in [0.15, 0.2) is 6.17 Å². The normalized spacial score (nSPS) is 19.5. The van der Waals surface area contributed by atoms with Gasteiger partial charge in [-0.3, -0.25) is 15.2 Å². The number of halogens is 1. The van der Waals surface area contributed by atoms with Gasteiger partial charge in [0.1, 0.15) is 0 Å². The summed E-state index contributed by atoms with van der Waals surface area (Å²) in [6.07, 6.45) is 1.28. The van der Waals surface area contributed by atoms with Crippen molar-refractivity contribution in [2.24, 2.45) is 10.8 Å². The molecule has 1 aromatic heterocycles. The predicted molar refractivity (Wildman–Crippen MR) is 151 cm³/mol. The van der Waals surface area contributed by atoms with Gasteiger partial charge in [-0.05, 0) is 35.9 Å². The second-order valence-electron chi connectivity index (χ2n) is 9.85. The van der Waals surface area contributed by atoms with Crippen molar-refractivity contribution < 1.29 is 4.79 Å². The van der Waals surface area contributed by atoms with Gasteiger partial charge < -0.3 is 20.9 Å². The fourth-order valence-electron chi connectivity index (χ4n) is 5.36. The zero-order valence-corrected chi connectivity index (χ0v) is 21.7. The molecule has 0 spiro atoms. The summed E-state index contributed by atoms with van der Waals surface area (Å²) in [5, 5.41) is 11.6. The number of nitrogens with two attached hydrogens (primary N) is 1. The number of piperidine rings is 1. The molecular formula is C29H30ClN7O. The van der Waals surface area contributed by atoms with Gasteiger partial charge in [0.25, 0.3) is 5.91 Å². The van der Waals surface area contributed by atoms with Crippen LogP contribution in [0.4, 0.5) is 0 Å². The molecule has 2 unspecified atom stereocenters. The SMILES string of the molecule is NC1CCCN(C2=NNC(C(=O)NCc3nc4ccccc4c4ccccc34)N2Cc2ccccc2Cl)C1. The summed E-state index contributed by atoms with van der Waals surface area (Å²) < 4.78 is 0. The fourth-order valence-corrected chi connectivity index (χ4v) is 5.56. The van der Waals surface area contributed by atoms with E-state index >= 15 is 0 Å². The van der Waals surface area contributed by atoms with Gasteiger partial charge in [0.05, 0.1) is 17.8 Å². The molecule has 9 heteroatoms. The molecule has 3 heterocycles. The van der Waals surface area contributed by atoms with E-state index in [4.69, 9.17) is 22.3 Å². The van der Waals surface area contributed by atoms with Crippen LogP contribution in [0.3, 0.4) is 0 Å². The first kappa shape index (κ1) is 24.5. The maximum Gasteiger partial charge on any atom is 0.265 e. The van der Waals surface area contributed by atoms with E-state index in [9.17, 15) is 4.79 Å². The third-order valence-corrected chi connectivity index (χ3v) is 7.63. The minimum Gasteiger partial charge on any atom is -0.347 e. The van der Waals surface area contributed by atoms with Gasteiger partial charge in [-0.2, -0.15) is 0 Å². The van der Waals surface area contributed by atoms with Crippen molar-refractivity contribution in [2.75, 3.05) is 13.1 Å². The van der Waals surface area contributed by atoms with Crippen molar-refractivity contribution in [3.63, 3.8) is 0 Å². The molecule has 38 heavy (non-hydrogen) atoms. The standard InChI is InChI=1S/C29H30ClN7O/c30-24-13-5-1-8-19(24)17-37-27(34-35-29(37)36-15-7-9-20(31)18-36)28(38)32-16-26-23-12-3-2-10-21(23)22-11-4-6-14-25(22)33-26/h1-6,8,10-14,20,27,34H,7,9,15-18,31H2,(H,32,38). The Hall–Kier alpha value is -3.88. The molecular weight excluding hydrogens is 498 g/mol. The number of nitrogens with one attached hydrogen (secondary N) is 2. The van der Waals surface area contributed by atoms with Gasteiger partial charge >= 0.3 is 0 Å². The number of benzene rings is 3. The zero-order valence-electron chi connectivity index (χ0n) is 21.0. The number of hydrogen-bond acceptors (Lipinski definition) is 7. The molecule has 8 nitrogen and oxygen atoms in total. The number of rotatable bonds is 5. The summed E-state index contributed by atoms with van der Waals surface area (Å²) in [4.78, 5) is 22.6. The number of nitrogens with zero attached hydrogens (tertiary/aromatic N) is 4. The second kappa shape index (κ2) is 10.5. The van der Waals surface area contributed by atoms with Crippen LogP contribution >= 0.6 is 11.6 Å². The van der Waals surface area contributed by atoms with Crippen molar-refractivity contribution in [3.8, 4) is 0 Å². The van der Waals surface area contributed by atoms with Crippen molar-refractivity contribution in [1.82, 2.24) is 25.5 Å². The number of para-hydroxylation sites is 1. The van der Waals surface area contributed by atoms with Crippen LogP contribution in [-0.4, -0.2) is 51.9 Å². The Morgan fingerprint density at radius 1 is 1.03 bits per heavy atom. The summed E-state index contributed by atoms with van der Waals surface area (Å²) in [6, 6.07) is 24.0. The van der Waals surface area contributed by atoms with Crippen LogP contribution in [0.5, 0.6) is 0 Å². The number of hydrogen-bond donors (Lipinski definition) is 3. The molecule has 0 aliphatic carbocycles. The van der Waals surface area contributed by atoms with E-state index in [1.165, 1.54) is 0 Å². The Kier molecular flexibility index (Phi) is 6.74. The molecule has 2 aliphatic rings. The third-order valence-electron chi connectivity index (χ3n) is 7.26. The Labute approximate surface area is 226 Å². The number of likely N-dealkylation sites (tertiary alicyclic amines) is 1. The van der Waals surface area contributed by atoms with Crippen molar-refractivity contribution in [1.29, 1.82) is 0 Å². The van der Waals surface area contributed by atoms with Crippen LogP contribution in [-0.2, 0) is 17.9 Å². The Morgan fingerprint density at radius 2 is 1.76 bits per heavy atom. The molecule has 2 aliphatic heterocycles. The number of amides is 1. The summed E-state index contributed by atoms with van der Waals surface area (Å²) >= 11 is 6.50. The van der Waals surface area contributed by atoms with Crippen LogP contribution in [0, 0.1) is 0 Å². The van der Waals surface area contributed by atoms with Crippen LogP contribution < -0.4 is 16.5 Å². The monoisotopic (exact) mass is 527 g/mol. The number of pyridine rings is 1. The van der Waals surface area contributed by atoms with E-state index in [1.54, 1.807) is 0 Å². The van der Waals surface area contributed by atoms with Crippen LogP contribution in [0.15, 0.2) is 77.9 Å². The summed E-state index contributed by atoms with van der Waals surface area (Å²) in [5.41, 5.74) is 12.0. The number of carbonyl (C=O) groups is 1. The number of guanidine groups is 1. The average Bonchev–Trinajstić information content (AvgIpc) is 3.36. The molecule has 4 aromatic rings. The lowest BCUT2D eigenvalue weighted by molar-refractivity contribution is -0.126. The molecule has 1 saturated heterocycles. The minimum absolute atomic E-state index is 0.0775. The van der Waals surface area contributed by atoms with E-state index in [0.717, 1.165) is 58.3 Å². The van der Waals surface area contributed by atoms with Crippen molar-refractivity contribution in [2.45, 2.75) is 38.1 Å². The highest BCUT2D eigenvalue weighted by Gasteiger charge is 2.37. The number of hydrazone groups is 1. The highest BCUT2D eigenvalue weighted by atomic mass is 35.5. The van der Waals surface area contributed by atoms with Crippen LogP contribution in [0.25, 0.3) is 21.7 Å². The lowest BCUT2D eigenvalue weighted by atomic mass is 10.0. The molecule has 1 amide bonds. The van der Waals surface area contributed by atoms with Gasteiger partial charge in [-0.25, -0.2) is 0 Å². The number of carbonyl (C=O) groups excluding carboxylic acids is 1. The first-order chi connectivity index (χ1) is 18.6. The van der Waals surface area contributed by atoms with Gasteiger partial charge in [-0.15, -0.1) is 5.10 Å². The maximum atomic E-state index is 13.6. The van der Waals surface area contributed by atoms with Gasteiger partial charge in [0, 0.05) is 41.5 Å². The fraction of sp³-hybridized carbons (Fsp3) is 0.276. The molecule has 2 atom stereocenters. The van der Waals surface area contributed by atoms with Gasteiger partial charge in [-0.1, -0.05) is 72.3 Å². The van der Waals surface area contributed by atoms with E-state index in [-0.39, 0.29) is 11.9 Å². The molecule has 1 fully saturated rings. The average molecular weight is 528 g/mol. The largest absolute Gasteiger partial charge is 0.347 e. The summed E-state index contributed by atoms with van der Waals surface area (Å²) in [7, 11) is 0. The first-order valence-electron chi connectivity index (χ1n) is 13.0. The molecule has 3 aromatic carbocycles. The smallest absolute Gasteiger partial charge is 0.265 e. The van der Waals surface area contributed by atoms with Crippen LogP contribution in [0.1, 0.15) is 24.1 Å². The van der Waals surface area contributed by atoms with E-state index in [2.05, 4.69) is 38.9 Å². The van der Waals surface area contributed by atoms with Gasteiger partial charge in [0.2, 0.25) is 5.96 Å². The lowest BCUT2D eigenvalue weighted by Crippen LogP contribution is -2.55. The third kappa shape index (κ3) is 4.73. The Balaban J connectivity index is 1.26. The molecule has 0 saturated carbocycles. The van der Waals surface area contributed by atoms with E-state index in [1.807, 2.05) is 59.5 Å². The predicted octanol–water partition coefficient (Wildman–Crippen LogP) is 3.78. The minimum atomic E-state index is -0.689. The van der Waals surface area contributed by atoms with Crippen molar-refractivity contribution >= 4 is 45.1 Å². The van der Waals surface area contributed by atoms with Crippen molar-refractivity contribution in [3.05, 3.63) is 89.1 Å². The molecule has 194 valence electrons. The van der Waals surface area contributed by atoms with Crippen LogP contribution in [0.2, 0.25) is 5.02 Å². The zero-order chi connectivity index (χ0) is 26.1. The maximum absolute atomic E-state index is 13.6. The first-order valence-corrected chi connectivity index (χ1v) is 13.3. The molecule has 4 N–H and O–H groups in total. The highest BCUT2D eigenvalue weighted by Crippen LogP contribution is 2.27. The van der Waals surface area contributed by atoms with E-state index < -0.39 is 6.17 Å². The topological polar surface area (TPSA) is 98.9 Å². The molecule has 6 rings (SSSR count). The Morgan fingerprint density at radius 3 is 2.58 bits per heavy atom. The quantitative estimate of drug-likeness (QED) is 0.342. The Bertz CT molecular complexity index is 1520. The summed E-state index contributed by atoms with van der Waals surface area (Å²) in [5.74, 6) is 0.533. The second-order valence-corrected chi connectivity index (χ2v) is 10.3. The highest BCUT2D eigenvalue weighted by molar-refractivity contribution is 6.31. The number of aromatic nitrogens is 1. The number of fused-ring (bicyclic) bond motifs is 3. The lowest BCUT2D eigenvalue weighted by Gasteiger charge is -2.36. The molecule has 0 radical (unpaired) electrons. The summed E-state index contributed by atoms with van der Waals surface area (Å²) in [6.45, 7) is 2.27. The molecule has 0 bridgehead atoms.